The topological polar surface area (TPSA) is 149 Å². The molecule has 6 N–H and O–H groups in total. The summed E-state index contributed by atoms with van der Waals surface area (Å²) in [4.78, 5) is 13.1. The van der Waals surface area contributed by atoms with Crippen molar-refractivity contribution in [2.24, 2.45) is 0 Å². The molecule has 9 heteroatoms. The van der Waals surface area contributed by atoms with Crippen LogP contribution in [0.1, 0.15) is 277 Å². The predicted molar refractivity (Wildman–Crippen MR) is 359 cm³/mol. The van der Waals surface area contributed by atoms with Crippen LogP contribution in [0.15, 0.2) is 134 Å². The molecule has 0 radical (unpaired) electrons. The van der Waals surface area contributed by atoms with Crippen molar-refractivity contribution in [3.8, 4) is 0 Å². The summed E-state index contributed by atoms with van der Waals surface area (Å²) in [6, 6.07) is -0.865. The molecule has 1 aliphatic rings. The molecule has 0 aromatic rings. The molecule has 1 amide bonds. The molecule has 1 heterocycles. The van der Waals surface area contributed by atoms with E-state index in [-0.39, 0.29) is 18.9 Å². The Labute approximate surface area is 515 Å². The van der Waals surface area contributed by atoms with E-state index in [2.05, 4.69) is 141 Å². The van der Waals surface area contributed by atoms with E-state index in [0.29, 0.717) is 6.42 Å². The lowest BCUT2D eigenvalue weighted by Crippen LogP contribution is -2.60. The first-order chi connectivity index (χ1) is 41.3. The molecule has 84 heavy (non-hydrogen) atoms. The average Bonchev–Trinajstić information content (AvgIpc) is 3.69. The van der Waals surface area contributed by atoms with Gasteiger partial charge < -0.3 is 40.3 Å². The third-order valence-corrected chi connectivity index (χ3v) is 15.5. The Balaban J connectivity index is 2.23. The lowest BCUT2D eigenvalue weighted by molar-refractivity contribution is -0.302. The maximum absolute atomic E-state index is 13.1. The molecule has 0 aromatic carbocycles. The van der Waals surface area contributed by atoms with Crippen LogP contribution in [0.25, 0.3) is 0 Å². The summed E-state index contributed by atoms with van der Waals surface area (Å²) >= 11 is 0. The first-order valence-corrected chi connectivity index (χ1v) is 34.4. The van der Waals surface area contributed by atoms with Gasteiger partial charge in [-0.2, -0.15) is 0 Å². The van der Waals surface area contributed by atoms with Crippen LogP contribution in [0.2, 0.25) is 0 Å². The number of amides is 1. The normalized spacial score (nSPS) is 19.1. The van der Waals surface area contributed by atoms with Crippen LogP contribution in [0, 0.1) is 0 Å². The Kier molecular flexibility index (Phi) is 58.2. The van der Waals surface area contributed by atoms with Gasteiger partial charge in [0.25, 0.3) is 0 Å². The molecule has 1 rings (SSSR count). The Bertz CT molecular complexity index is 1790. The largest absolute Gasteiger partial charge is 0.394 e. The third-order valence-electron chi connectivity index (χ3n) is 15.5. The second-order valence-electron chi connectivity index (χ2n) is 23.2. The Morgan fingerprint density at radius 3 is 1.14 bits per heavy atom. The number of carbonyl (C=O) groups is 1. The van der Waals surface area contributed by atoms with E-state index in [1.54, 1.807) is 6.08 Å². The molecule has 480 valence electrons. The maximum Gasteiger partial charge on any atom is 0.220 e. The van der Waals surface area contributed by atoms with Gasteiger partial charge in [-0.05, 0) is 96.3 Å². The standard InChI is InChI=1S/C75H127NO8/c1-3-5-7-9-11-13-15-17-19-21-23-25-27-29-31-33-34-35-37-38-40-42-44-46-48-50-52-54-56-58-60-62-64-69(78)68(67-83-75-74(82)73(81)72(80)70(66-77)84-75)76-71(79)65-63-61-59-57-55-53-51-49-47-45-43-41-39-36-32-30-28-26-24-22-20-18-16-14-12-10-8-6-4-2/h6,8,12,14,18,20,24,26,30,32,39,41,45,47,51,53-54,56-57,59,62,64,68-70,72-75,77-78,80-82H,3-5,7,9-11,13,15-17,19,21-23,25,27-29,31,33-38,40,42-44,46,48-50,52,55,58,60-61,63,65-67H2,1-2H3,(H,76,79)/b8-6-,14-12-,20-18-,26-24-,32-30-,41-39-,47-45-,53-51-,56-54+,59-57-,64-62+. The molecular formula is C75H127NO8. The smallest absolute Gasteiger partial charge is 0.220 e. The zero-order valence-electron chi connectivity index (χ0n) is 53.6. The van der Waals surface area contributed by atoms with E-state index in [0.717, 1.165) is 83.5 Å². The monoisotopic (exact) mass is 1170 g/mol. The molecule has 7 atom stereocenters. The van der Waals surface area contributed by atoms with Gasteiger partial charge in [-0.25, -0.2) is 0 Å². The summed E-state index contributed by atoms with van der Waals surface area (Å²) in [6.07, 6.45) is 88.5. The zero-order chi connectivity index (χ0) is 60.7. The van der Waals surface area contributed by atoms with Gasteiger partial charge in [-0.1, -0.05) is 308 Å². The second kappa shape index (κ2) is 62.4. The fourth-order valence-electron chi connectivity index (χ4n) is 10.1. The number of ether oxygens (including phenoxy) is 2. The van der Waals surface area contributed by atoms with Crippen molar-refractivity contribution in [2.45, 2.75) is 320 Å². The van der Waals surface area contributed by atoms with E-state index in [4.69, 9.17) is 9.47 Å². The van der Waals surface area contributed by atoms with Crippen LogP contribution < -0.4 is 5.32 Å². The van der Waals surface area contributed by atoms with Gasteiger partial charge in [0.1, 0.15) is 24.4 Å². The van der Waals surface area contributed by atoms with E-state index in [9.17, 15) is 30.3 Å². The van der Waals surface area contributed by atoms with Gasteiger partial charge in [-0.3, -0.25) is 4.79 Å². The maximum atomic E-state index is 13.1. The number of carbonyl (C=O) groups excluding carboxylic acids is 1. The molecule has 1 aliphatic heterocycles. The minimum atomic E-state index is -1.59. The molecule has 1 fully saturated rings. The molecule has 0 bridgehead atoms. The highest BCUT2D eigenvalue weighted by Gasteiger charge is 2.44. The van der Waals surface area contributed by atoms with Crippen LogP contribution in [0.5, 0.6) is 0 Å². The number of rotatable bonds is 58. The van der Waals surface area contributed by atoms with Gasteiger partial charge in [0.15, 0.2) is 6.29 Å². The summed E-state index contributed by atoms with van der Waals surface area (Å²) in [7, 11) is 0. The number of hydrogen-bond donors (Lipinski definition) is 6. The minimum absolute atomic E-state index is 0.233. The lowest BCUT2D eigenvalue weighted by Gasteiger charge is -2.40. The average molecular weight is 1170 g/mol. The van der Waals surface area contributed by atoms with E-state index >= 15 is 0 Å². The van der Waals surface area contributed by atoms with Gasteiger partial charge in [0, 0.05) is 6.42 Å². The Hall–Kier alpha value is -3.67. The number of hydrogen-bond acceptors (Lipinski definition) is 8. The van der Waals surface area contributed by atoms with Crippen LogP contribution in [0.4, 0.5) is 0 Å². The van der Waals surface area contributed by atoms with Crippen LogP contribution in [-0.4, -0.2) is 87.5 Å². The summed E-state index contributed by atoms with van der Waals surface area (Å²) < 4.78 is 11.3. The Morgan fingerprint density at radius 2 is 0.750 bits per heavy atom. The first-order valence-electron chi connectivity index (χ1n) is 34.4. The molecule has 7 unspecified atom stereocenters. The highest BCUT2D eigenvalue weighted by Crippen LogP contribution is 2.23. The van der Waals surface area contributed by atoms with Crippen LogP contribution in [0.3, 0.4) is 0 Å². The van der Waals surface area contributed by atoms with Crippen molar-refractivity contribution in [2.75, 3.05) is 13.2 Å². The third kappa shape index (κ3) is 50.5. The quantitative estimate of drug-likeness (QED) is 0.0261. The molecular weight excluding hydrogens is 1040 g/mol. The molecule has 0 aromatic heterocycles. The van der Waals surface area contributed by atoms with E-state index < -0.39 is 49.5 Å². The highest BCUT2D eigenvalue weighted by atomic mass is 16.7. The van der Waals surface area contributed by atoms with E-state index in [1.807, 2.05) is 6.08 Å². The fourth-order valence-corrected chi connectivity index (χ4v) is 10.1. The second-order valence-corrected chi connectivity index (χ2v) is 23.2. The van der Waals surface area contributed by atoms with Crippen molar-refractivity contribution >= 4 is 5.91 Å². The van der Waals surface area contributed by atoms with Crippen molar-refractivity contribution in [3.63, 3.8) is 0 Å². The molecule has 0 aliphatic carbocycles. The zero-order valence-corrected chi connectivity index (χ0v) is 53.6. The number of aliphatic hydroxyl groups excluding tert-OH is 5. The number of aliphatic hydroxyl groups is 5. The summed E-state index contributed by atoms with van der Waals surface area (Å²) in [5, 5.41) is 54.6. The van der Waals surface area contributed by atoms with E-state index in [1.165, 1.54) is 167 Å². The molecule has 0 spiro atoms. The summed E-state index contributed by atoms with van der Waals surface area (Å²) in [6.45, 7) is 3.63. The van der Waals surface area contributed by atoms with Crippen molar-refractivity contribution in [3.05, 3.63) is 134 Å². The van der Waals surface area contributed by atoms with Crippen LogP contribution in [-0.2, 0) is 14.3 Å². The summed E-state index contributed by atoms with van der Waals surface area (Å²) in [5.74, 6) is -0.247. The van der Waals surface area contributed by atoms with Crippen molar-refractivity contribution < 1.29 is 39.8 Å². The first kappa shape index (κ1) is 78.3. The Morgan fingerprint density at radius 1 is 0.417 bits per heavy atom. The molecule has 9 nitrogen and oxygen atoms in total. The molecule has 1 saturated heterocycles. The number of nitrogens with one attached hydrogen (secondary N) is 1. The van der Waals surface area contributed by atoms with Gasteiger partial charge in [-0.15, -0.1) is 0 Å². The van der Waals surface area contributed by atoms with Crippen LogP contribution >= 0.6 is 0 Å². The van der Waals surface area contributed by atoms with Gasteiger partial charge in [0.05, 0.1) is 25.4 Å². The highest BCUT2D eigenvalue weighted by molar-refractivity contribution is 5.76. The predicted octanol–water partition coefficient (Wildman–Crippen LogP) is 18.8. The fraction of sp³-hybridized carbons (Fsp3) is 0.693. The minimum Gasteiger partial charge on any atom is -0.394 e. The number of unbranched alkanes of at least 4 members (excludes halogenated alkanes) is 28. The van der Waals surface area contributed by atoms with Crippen molar-refractivity contribution in [1.29, 1.82) is 0 Å². The lowest BCUT2D eigenvalue weighted by atomic mass is 9.99. The summed E-state index contributed by atoms with van der Waals surface area (Å²) in [5.41, 5.74) is 0. The van der Waals surface area contributed by atoms with Gasteiger partial charge in [0.2, 0.25) is 5.91 Å². The number of allylic oxidation sites excluding steroid dienone is 21. The SMILES string of the molecule is CC/C=C\C/C=C\C/C=C\C/C=C\C/C=C\C/C=C\C/C=C\C/C=C\C/C=C\CCCC(=O)NC(COC1OC(CO)C(O)C(O)C1O)C(O)/C=C/CC/C=C/CCCCCCCCCCCCCCCCCCCCCCCCCCCC. The van der Waals surface area contributed by atoms with Crippen molar-refractivity contribution in [1.82, 2.24) is 5.32 Å². The molecule has 0 saturated carbocycles. The van der Waals surface area contributed by atoms with Gasteiger partial charge >= 0.3 is 0 Å².